The molecular weight excluding hydrogens is 358 g/mol. The Balaban J connectivity index is 1.70. The first-order valence-electron chi connectivity index (χ1n) is 8.74. The lowest BCUT2D eigenvalue weighted by atomic mass is 10.1. The number of anilines is 1. The fourth-order valence-corrected chi connectivity index (χ4v) is 3.59. The molecule has 0 bridgehead atoms. The molecule has 0 aliphatic carbocycles. The van der Waals surface area contributed by atoms with Crippen LogP contribution in [-0.4, -0.2) is 27.0 Å². The van der Waals surface area contributed by atoms with Gasteiger partial charge in [0.2, 0.25) is 5.91 Å². The molecule has 3 aromatic rings. The van der Waals surface area contributed by atoms with Crippen LogP contribution in [0, 0.1) is 0 Å². The maximum atomic E-state index is 12.5. The van der Waals surface area contributed by atoms with E-state index in [1.807, 2.05) is 30.3 Å². The van der Waals surface area contributed by atoms with Crippen LogP contribution in [0.3, 0.4) is 0 Å². The van der Waals surface area contributed by atoms with Crippen LogP contribution in [0.4, 0.5) is 5.69 Å². The van der Waals surface area contributed by atoms with Crippen molar-refractivity contribution < 1.29 is 9.59 Å². The number of fused-ring (bicyclic) bond motifs is 1. The van der Waals surface area contributed by atoms with Crippen molar-refractivity contribution in [1.29, 1.82) is 0 Å². The average Bonchev–Trinajstić information content (AvgIpc) is 3.04. The van der Waals surface area contributed by atoms with Crippen molar-refractivity contribution in [2.45, 2.75) is 25.0 Å². The number of thioether (sulfide) groups is 1. The zero-order valence-corrected chi connectivity index (χ0v) is 16.0. The number of allylic oxidation sites excluding steroid dienone is 1. The smallest absolute Gasteiger partial charge is 0.224 e. The topological polar surface area (TPSA) is 64.0 Å². The Morgan fingerprint density at radius 2 is 1.93 bits per heavy atom. The number of carbonyl (C=O) groups excluding carboxylic acids is 2. The highest BCUT2D eigenvalue weighted by Gasteiger charge is 2.13. The summed E-state index contributed by atoms with van der Waals surface area (Å²) in [7, 11) is 0. The molecule has 0 atom stereocenters. The predicted octanol–water partition coefficient (Wildman–Crippen LogP) is 4.55. The molecule has 0 aliphatic rings. The van der Waals surface area contributed by atoms with Gasteiger partial charge in [0.05, 0.1) is 16.8 Å². The van der Waals surface area contributed by atoms with E-state index in [4.69, 9.17) is 0 Å². The first-order chi connectivity index (χ1) is 13.1. The molecule has 5 nitrogen and oxygen atoms in total. The maximum absolute atomic E-state index is 12.5. The van der Waals surface area contributed by atoms with Crippen molar-refractivity contribution in [2.75, 3.05) is 11.1 Å². The van der Waals surface area contributed by atoms with Crippen molar-refractivity contribution in [3.63, 3.8) is 0 Å². The van der Waals surface area contributed by atoms with Gasteiger partial charge in [0.1, 0.15) is 0 Å². The lowest BCUT2D eigenvalue weighted by Crippen LogP contribution is -2.10. The summed E-state index contributed by atoms with van der Waals surface area (Å²) >= 11 is 1.42. The van der Waals surface area contributed by atoms with Crippen LogP contribution in [0.2, 0.25) is 0 Å². The molecule has 0 unspecified atom stereocenters. The minimum atomic E-state index is -0.0502. The number of ketones is 1. The third-order valence-electron chi connectivity index (χ3n) is 4.08. The van der Waals surface area contributed by atoms with Crippen molar-refractivity contribution in [2.24, 2.45) is 0 Å². The Bertz CT molecular complexity index is 977. The second-order valence-corrected chi connectivity index (χ2v) is 6.92. The van der Waals surface area contributed by atoms with Crippen molar-refractivity contribution >= 4 is 40.2 Å². The van der Waals surface area contributed by atoms with Gasteiger partial charge in [0.25, 0.3) is 0 Å². The van der Waals surface area contributed by atoms with E-state index in [1.165, 1.54) is 11.8 Å². The number of aromatic nitrogens is 2. The Morgan fingerprint density at radius 1 is 1.19 bits per heavy atom. The van der Waals surface area contributed by atoms with Gasteiger partial charge in [-0.15, -0.1) is 6.58 Å². The standard InChI is InChI=1S/C21H21N3O2S/c1-3-13-24-18-8-6-5-7-17(18)23-21(24)27-14-19(25)15-9-11-16(12-10-15)22-20(26)4-2/h3,5-12H,1,4,13-14H2,2H3,(H,22,26). The molecule has 1 heterocycles. The number of rotatable bonds is 8. The third kappa shape index (κ3) is 4.46. The lowest BCUT2D eigenvalue weighted by molar-refractivity contribution is -0.115. The Labute approximate surface area is 162 Å². The maximum Gasteiger partial charge on any atom is 0.224 e. The molecule has 0 radical (unpaired) electrons. The Hall–Kier alpha value is -2.86. The molecule has 0 aliphatic heterocycles. The molecule has 1 aromatic heterocycles. The molecule has 1 amide bonds. The number of benzene rings is 2. The zero-order chi connectivity index (χ0) is 19.2. The molecule has 1 N–H and O–H groups in total. The van der Waals surface area contributed by atoms with E-state index in [9.17, 15) is 9.59 Å². The van der Waals surface area contributed by atoms with Crippen molar-refractivity contribution in [3.8, 4) is 0 Å². The number of nitrogens with zero attached hydrogens (tertiary/aromatic N) is 2. The molecule has 2 aromatic carbocycles. The predicted molar refractivity (Wildman–Crippen MR) is 110 cm³/mol. The van der Waals surface area contributed by atoms with Crippen LogP contribution in [-0.2, 0) is 11.3 Å². The van der Waals surface area contributed by atoms with E-state index in [-0.39, 0.29) is 11.7 Å². The normalized spacial score (nSPS) is 10.7. The number of amides is 1. The highest BCUT2D eigenvalue weighted by atomic mass is 32.2. The van der Waals surface area contributed by atoms with E-state index in [0.717, 1.165) is 16.2 Å². The van der Waals surface area contributed by atoms with Gasteiger partial charge in [-0.1, -0.05) is 36.9 Å². The average molecular weight is 379 g/mol. The second-order valence-electron chi connectivity index (χ2n) is 5.97. The van der Waals surface area contributed by atoms with Gasteiger partial charge in [-0.25, -0.2) is 4.98 Å². The molecule has 138 valence electrons. The van der Waals surface area contributed by atoms with Crippen LogP contribution < -0.4 is 5.32 Å². The van der Waals surface area contributed by atoms with Gasteiger partial charge in [-0.2, -0.15) is 0 Å². The van der Waals surface area contributed by atoms with E-state index in [2.05, 4.69) is 21.4 Å². The Morgan fingerprint density at radius 3 is 2.63 bits per heavy atom. The summed E-state index contributed by atoms with van der Waals surface area (Å²) in [5.74, 6) is 0.262. The zero-order valence-electron chi connectivity index (χ0n) is 15.1. The molecule has 27 heavy (non-hydrogen) atoms. The van der Waals surface area contributed by atoms with Gasteiger partial charge < -0.3 is 9.88 Å². The largest absolute Gasteiger partial charge is 0.326 e. The van der Waals surface area contributed by atoms with Gasteiger partial charge in [-0.05, 0) is 36.4 Å². The summed E-state index contributed by atoms with van der Waals surface area (Å²) < 4.78 is 2.06. The first kappa shape index (κ1) is 18.9. The summed E-state index contributed by atoms with van der Waals surface area (Å²) in [6.07, 6.45) is 2.24. The number of carbonyl (C=O) groups is 2. The molecule has 0 fully saturated rings. The lowest BCUT2D eigenvalue weighted by Gasteiger charge is -2.07. The van der Waals surface area contributed by atoms with Gasteiger partial charge >= 0.3 is 0 Å². The number of Topliss-reactive ketones (excluding diaryl/α,β-unsaturated/α-hetero) is 1. The number of hydrogen-bond donors (Lipinski definition) is 1. The number of hydrogen-bond acceptors (Lipinski definition) is 4. The number of imidazole rings is 1. The van der Waals surface area contributed by atoms with Crippen LogP contribution >= 0.6 is 11.8 Å². The molecule has 0 saturated carbocycles. The van der Waals surface area contributed by atoms with Gasteiger partial charge in [0.15, 0.2) is 10.9 Å². The monoisotopic (exact) mass is 379 g/mol. The summed E-state index contributed by atoms with van der Waals surface area (Å²) in [6, 6.07) is 14.9. The Kier molecular flexibility index (Phi) is 6.08. The third-order valence-corrected chi connectivity index (χ3v) is 5.05. The van der Waals surface area contributed by atoms with E-state index < -0.39 is 0 Å². The quantitative estimate of drug-likeness (QED) is 0.354. The minimum absolute atomic E-state index is 0.0191. The van der Waals surface area contributed by atoms with E-state index >= 15 is 0 Å². The fourth-order valence-electron chi connectivity index (χ4n) is 2.67. The van der Waals surface area contributed by atoms with E-state index in [1.54, 1.807) is 31.2 Å². The van der Waals surface area contributed by atoms with Crippen molar-refractivity contribution in [3.05, 3.63) is 66.7 Å². The SMILES string of the molecule is C=CCn1c(SCC(=O)c2ccc(NC(=O)CC)cc2)nc2ccccc21. The summed E-state index contributed by atoms with van der Waals surface area (Å²) in [6.45, 7) is 6.24. The minimum Gasteiger partial charge on any atom is -0.326 e. The highest BCUT2D eigenvalue weighted by molar-refractivity contribution is 7.99. The molecule has 0 spiro atoms. The summed E-state index contributed by atoms with van der Waals surface area (Å²) in [4.78, 5) is 28.6. The first-order valence-corrected chi connectivity index (χ1v) is 9.73. The molecule has 0 saturated heterocycles. The molecule has 6 heteroatoms. The molecule has 3 rings (SSSR count). The van der Waals surface area contributed by atoms with Gasteiger partial charge in [0, 0.05) is 24.2 Å². The summed E-state index contributed by atoms with van der Waals surface area (Å²) in [5, 5.41) is 3.58. The number of nitrogens with one attached hydrogen (secondary N) is 1. The fraction of sp³-hybridized carbons (Fsp3) is 0.190. The van der Waals surface area contributed by atoms with Crippen LogP contribution in [0.1, 0.15) is 23.7 Å². The van der Waals surface area contributed by atoms with E-state index in [0.29, 0.717) is 30.0 Å². The van der Waals surface area contributed by atoms with Crippen LogP contribution in [0.25, 0.3) is 11.0 Å². The second kappa shape index (κ2) is 8.68. The van der Waals surface area contributed by atoms with Crippen LogP contribution in [0.15, 0.2) is 66.3 Å². The van der Waals surface area contributed by atoms with Gasteiger partial charge in [-0.3, -0.25) is 9.59 Å². The number of para-hydroxylation sites is 2. The highest BCUT2D eigenvalue weighted by Crippen LogP contribution is 2.25. The molecular formula is C21H21N3O2S. The van der Waals surface area contributed by atoms with Crippen LogP contribution in [0.5, 0.6) is 0 Å². The summed E-state index contributed by atoms with van der Waals surface area (Å²) in [5.41, 5.74) is 3.25. The van der Waals surface area contributed by atoms with Crippen molar-refractivity contribution in [1.82, 2.24) is 9.55 Å².